The minimum atomic E-state index is -4.14. The number of carbonyl (C=O) groups is 2. The number of aryl methyl sites for hydroxylation is 2. The molecule has 0 radical (unpaired) electrons. The molecule has 2 amide bonds. The van der Waals surface area contributed by atoms with Gasteiger partial charge in [0.25, 0.3) is 10.0 Å². The van der Waals surface area contributed by atoms with Crippen molar-refractivity contribution in [1.82, 2.24) is 10.2 Å². The lowest BCUT2D eigenvalue weighted by Gasteiger charge is -2.34. The Balaban J connectivity index is 2.07. The Bertz CT molecular complexity index is 1440. The van der Waals surface area contributed by atoms with Crippen LogP contribution in [0.25, 0.3) is 0 Å². The standard InChI is InChI=1S/C33H43N3O5S/c1-7-26(6)34-33(38)31(8-2)35(22-27-13-11-10-12-25(27)5)32(37)23-36(28-16-18-29(19-17-28)41-9-3)42(39,40)30-20-14-24(4)15-21-30/h10-21,26,31H,7-9,22-23H2,1-6H3,(H,34,38)/t26-,31-/m0/s1. The first-order valence-corrected chi connectivity index (χ1v) is 15.9. The molecule has 0 bridgehead atoms. The molecule has 226 valence electrons. The summed E-state index contributed by atoms with van der Waals surface area (Å²) < 4.78 is 34.7. The monoisotopic (exact) mass is 593 g/mol. The van der Waals surface area contributed by atoms with E-state index in [2.05, 4.69) is 5.32 Å². The maximum atomic E-state index is 14.2. The Kier molecular flexibility index (Phi) is 11.6. The number of nitrogens with one attached hydrogen (secondary N) is 1. The summed E-state index contributed by atoms with van der Waals surface area (Å²) in [5.74, 6) is -0.147. The zero-order valence-corrected chi connectivity index (χ0v) is 26.3. The molecular formula is C33H43N3O5S. The van der Waals surface area contributed by atoms with E-state index in [9.17, 15) is 18.0 Å². The molecule has 0 aliphatic carbocycles. The molecule has 0 aliphatic heterocycles. The third-order valence-electron chi connectivity index (χ3n) is 7.31. The summed E-state index contributed by atoms with van der Waals surface area (Å²) >= 11 is 0. The molecule has 42 heavy (non-hydrogen) atoms. The van der Waals surface area contributed by atoms with Crippen molar-refractivity contribution in [2.24, 2.45) is 0 Å². The molecule has 0 fully saturated rings. The van der Waals surface area contributed by atoms with Crippen molar-refractivity contribution in [2.45, 2.75) is 77.9 Å². The second kappa shape index (κ2) is 14.9. The molecule has 0 spiro atoms. The minimum Gasteiger partial charge on any atom is -0.494 e. The van der Waals surface area contributed by atoms with Gasteiger partial charge in [0, 0.05) is 12.6 Å². The lowest BCUT2D eigenvalue weighted by Crippen LogP contribution is -2.53. The molecule has 0 saturated heterocycles. The van der Waals surface area contributed by atoms with E-state index in [0.29, 0.717) is 24.5 Å². The van der Waals surface area contributed by atoms with Crippen LogP contribution in [-0.4, -0.2) is 50.4 Å². The van der Waals surface area contributed by atoms with Gasteiger partial charge < -0.3 is 15.0 Å². The van der Waals surface area contributed by atoms with Gasteiger partial charge >= 0.3 is 0 Å². The normalized spacial score (nSPS) is 12.7. The molecule has 0 aromatic heterocycles. The fourth-order valence-electron chi connectivity index (χ4n) is 4.57. The number of carbonyl (C=O) groups excluding carboxylic acids is 2. The van der Waals surface area contributed by atoms with Crippen LogP contribution in [0.3, 0.4) is 0 Å². The Hall–Kier alpha value is -3.85. The van der Waals surface area contributed by atoms with Gasteiger partial charge in [0.15, 0.2) is 0 Å². The number of rotatable bonds is 14. The van der Waals surface area contributed by atoms with E-state index >= 15 is 0 Å². The van der Waals surface area contributed by atoms with Crippen molar-refractivity contribution in [3.8, 4) is 5.75 Å². The second-order valence-electron chi connectivity index (χ2n) is 10.4. The van der Waals surface area contributed by atoms with E-state index in [-0.39, 0.29) is 23.4 Å². The SMILES string of the molecule is CCOc1ccc(N(CC(=O)N(Cc2ccccc2C)[C@@H](CC)C(=O)N[C@@H](C)CC)S(=O)(=O)c2ccc(C)cc2)cc1. The Morgan fingerprint density at radius 3 is 2.10 bits per heavy atom. The molecule has 2 atom stereocenters. The van der Waals surface area contributed by atoms with Gasteiger partial charge in [-0.1, -0.05) is 55.8 Å². The largest absolute Gasteiger partial charge is 0.494 e. The lowest BCUT2D eigenvalue weighted by molar-refractivity contribution is -0.140. The van der Waals surface area contributed by atoms with Gasteiger partial charge in [0.05, 0.1) is 17.2 Å². The molecule has 8 nitrogen and oxygen atoms in total. The van der Waals surface area contributed by atoms with Gasteiger partial charge in [-0.15, -0.1) is 0 Å². The van der Waals surface area contributed by atoms with E-state index < -0.39 is 28.5 Å². The molecule has 3 aromatic rings. The van der Waals surface area contributed by atoms with Gasteiger partial charge in [0.2, 0.25) is 11.8 Å². The minimum absolute atomic E-state index is 0.0655. The van der Waals surface area contributed by atoms with Crippen LogP contribution < -0.4 is 14.4 Å². The summed E-state index contributed by atoms with van der Waals surface area (Å²) in [6.45, 7) is 11.6. The lowest BCUT2D eigenvalue weighted by atomic mass is 10.1. The average molecular weight is 594 g/mol. The van der Waals surface area contributed by atoms with Crippen LogP contribution in [0.1, 0.15) is 57.2 Å². The van der Waals surface area contributed by atoms with Crippen LogP contribution in [0.4, 0.5) is 5.69 Å². The molecule has 0 heterocycles. The quantitative estimate of drug-likeness (QED) is 0.262. The van der Waals surface area contributed by atoms with Crippen molar-refractivity contribution in [2.75, 3.05) is 17.5 Å². The predicted molar refractivity (Wildman–Crippen MR) is 167 cm³/mol. The maximum Gasteiger partial charge on any atom is 0.264 e. The summed E-state index contributed by atoms with van der Waals surface area (Å²) in [5.41, 5.74) is 3.10. The zero-order chi connectivity index (χ0) is 30.9. The van der Waals surface area contributed by atoms with Crippen LogP contribution in [0.5, 0.6) is 5.75 Å². The van der Waals surface area contributed by atoms with Crippen LogP contribution in [0.15, 0.2) is 77.7 Å². The highest BCUT2D eigenvalue weighted by Crippen LogP contribution is 2.27. The average Bonchev–Trinajstić information content (AvgIpc) is 2.97. The zero-order valence-electron chi connectivity index (χ0n) is 25.5. The number of benzene rings is 3. The molecule has 0 aliphatic rings. The van der Waals surface area contributed by atoms with Crippen molar-refractivity contribution in [1.29, 1.82) is 0 Å². The molecule has 0 unspecified atom stereocenters. The molecular weight excluding hydrogens is 550 g/mol. The fourth-order valence-corrected chi connectivity index (χ4v) is 5.99. The predicted octanol–water partition coefficient (Wildman–Crippen LogP) is 5.62. The first-order valence-electron chi connectivity index (χ1n) is 14.5. The fraction of sp³-hybridized carbons (Fsp3) is 0.394. The van der Waals surface area contributed by atoms with E-state index in [0.717, 1.165) is 27.4 Å². The third-order valence-corrected chi connectivity index (χ3v) is 9.10. The number of hydrogen-bond acceptors (Lipinski definition) is 5. The van der Waals surface area contributed by atoms with Crippen molar-refractivity contribution >= 4 is 27.5 Å². The van der Waals surface area contributed by atoms with Gasteiger partial charge in [0.1, 0.15) is 18.3 Å². The number of sulfonamides is 1. The maximum absolute atomic E-state index is 14.2. The topological polar surface area (TPSA) is 96.0 Å². The van der Waals surface area contributed by atoms with Crippen molar-refractivity contribution in [3.05, 3.63) is 89.5 Å². The molecule has 9 heteroatoms. The van der Waals surface area contributed by atoms with Crippen LogP contribution in [0.2, 0.25) is 0 Å². The molecule has 1 N–H and O–H groups in total. The van der Waals surface area contributed by atoms with Gasteiger partial charge in [-0.3, -0.25) is 13.9 Å². The summed E-state index contributed by atoms with van der Waals surface area (Å²) in [6, 6.07) is 20.0. The van der Waals surface area contributed by atoms with Crippen molar-refractivity contribution < 1.29 is 22.7 Å². The number of hydrogen-bond donors (Lipinski definition) is 1. The van der Waals surface area contributed by atoms with Gasteiger partial charge in [-0.2, -0.15) is 0 Å². The molecule has 0 saturated carbocycles. The number of amides is 2. The highest BCUT2D eigenvalue weighted by molar-refractivity contribution is 7.92. The Morgan fingerprint density at radius 2 is 1.52 bits per heavy atom. The highest BCUT2D eigenvalue weighted by atomic mass is 32.2. The smallest absolute Gasteiger partial charge is 0.264 e. The summed E-state index contributed by atoms with van der Waals surface area (Å²) in [7, 11) is -4.14. The first-order chi connectivity index (χ1) is 20.0. The van der Waals surface area contributed by atoms with E-state index in [1.807, 2.05) is 65.8 Å². The second-order valence-corrected chi connectivity index (χ2v) is 12.3. The molecule has 3 rings (SSSR count). The molecule has 3 aromatic carbocycles. The number of ether oxygens (including phenoxy) is 1. The number of anilines is 1. The van der Waals surface area contributed by atoms with Crippen LogP contribution in [-0.2, 0) is 26.2 Å². The third kappa shape index (κ3) is 8.12. The summed E-state index contributed by atoms with van der Waals surface area (Å²) in [5, 5.41) is 3.00. The Morgan fingerprint density at radius 1 is 0.881 bits per heavy atom. The van der Waals surface area contributed by atoms with E-state index in [4.69, 9.17) is 4.74 Å². The number of nitrogens with zero attached hydrogens (tertiary/aromatic N) is 2. The van der Waals surface area contributed by atoms with Crippen LogP contribution in [0, 0.1) is 13.8 Å². The van der Waals surface area contributed by atoms with Gasteiger partial charge in [-0.25, -0.2) is 8.42 Å². The van der Waals surface area contributed by atoms with Crippen LogP contribution >= 0.6 is 0 Å². The van der Waals surface area contributed by atoms with Gasteiger partial charge in [-0.05, 0) is 88.1 Å². The van der Waals surface area contributed by atoms with E-state index in [1.54, 1.807) is 36.4 Å². The summed E-state index contributed by atoms with van der Waals surface area (Å²) in [4.78, 5) is 29.2. The highest BCUT2D eigenvalue weighted by Gasteiger charge is 2.34. The van der Waals surface area contributed by atoms with E-state index in [1.165, 1.54) is 17.0 Å². The first kappa shape index (κ1) is 32.7. The Labute approximate surface area is 250 Å². The van der Waals surface area contributed by atoms with Crippen molar-refractivity contribution in [3.63, 3.8) is 0 Å². The summed E-state index contributed by atoms with van der Waals surface area (Å²) in [6.07, 6.45) is 1.11.